The summed E-state index contributed by atoms with van der Waals surface area (Å²) in [4.78, 5) is 4.47. The summed E-state index contributed by atoms with van der Waals surface area (Å²) in [7, 11) is 1.71. The first kappa shape index (κ1) is 11.7. The Balaban J connectivity index is 2.23. The minimum Gasteiger partial charge on any atom is -0.382 e. The summed E-state index contributed by atoms with van der Waals surface area (Å²) in [6.45, 7) is 2.79. The van der Waals surface area contributed by atoms with Crippen molar-refractivity contribution in [1.82, 2.24) is 0 Å². The van der Waals surface area contributed by atoms with Crippen LogP contribution in [0.4, 0.5) is 0 Å². The number of ether oxygens (including phenoxy) is 1. The molecule has 1 fully saturated rings. The molecule has 1 aliphatic rings. The van der Waals surface area contributed by atoms with Crippen LogP contribution >= 0.6 is 0 Å². The molecule has 3 heteroatoms. The molecule has 0 heterocycles. The van der Waals surface area contributed by atoms with E-state index in [1.165, 1.54) is 12.8 Å². The van der Waals surface area contributed by atoms with Gasteiger partial charge < -0.3 is 10.5 Å². The van der Waals surface area contributed by atoms with Crippen molar-refractivity contribution in [3.8, 4) is 0 Å². The van der Waals surface area contributed by atoms with Gasteiger partial charge in [-0.3, -0.25) is 4.99 Å². The first-order valence-electron chi connectivity index (χ1n) is 5.50. The molecule has 0 spiro atoms. The highest BCUT2D eigenvalue weighted by Gasteiger charge is 2.16. The van der Waals surface area contributed by atoms with Crippen LogP contribution in [0.1, 0.15) is 32.6 Å². The zero-order valence-electron chi connectivity index (χ0n) is 9.28. The Bertz CT molecular complexity index is 174. The van der Waals surface area contributed by atoms with Crippen LogP contribution in [-0.4, -0.2) is 32.0 Å². The summed E-state index contributed by atoms with van der Waals surface area (Å²) in [5, 5.41) is 0. The fourth-order valence-corrected chi connectivity index (χ4v) is 1.85. The molecule has 1 rings (SSSR count). The first-order chi connectivity index (χ1) is 6.72. The minimum absolute atomic E-state index is 0.288. The zero-order valence-corrected chi connectivity index (χ0v) is 9.28. The zero-order chi connectivity index (χ0) is 10.4. The van der Waals surface area contributed by atoms with Crippen LogP contribution in [0.5, 0.6) is 0 Å². The normalized spacial score (nSPS) is 30.8. The van der Waals surface area contributed by atoms with E-state index in [9.17, 15) is 0 Å². The largest absolute Gasteiger partial charge is 0.382 e. The molecule has 0 aromatic carbocycles. The first-order valence-corrected chi connectivity index (χ1v) is 5.50. The molecular weight excluding hydrogens is 176 g/mol. The lowest BCUT2D eigenvalue weighted by atomic mass is 9.87. The molecule has 0 bridgehead atoms. The Morgan fingerprint density at radius 2 is 2.07 bits per heavy atom. The quantitative estimate of drug-likeness (QED) is 0.698. The smallest absolute Gasteiger partial charge is 0.0701 e. The number of methoxy groups -OCH3 is 1. The third-order valence-electron chi connectivity index (χ3n) is 2.78. The van der Waals surface area contributed by atoms with Crippen LogP contribution in [0, 0.1) is 5.92 Å². The number of aliphatic imine (C=N–C) groups is 1. The van der Waals surface area contributed by atoms with Gasteiger partial charge in [-0.25, -0.2) is 0 Å². The standard InChI is InChI=1S/C11H22N2O/c1-9(8-14-2)13-7-10-3-5-11(12)6-4-10/h7,9-11H,3-6,8,12H2,1-2H3/b13-7+/t9-,10?,11?/m1/s1. The average Bonchev–Trinajstić information content (AvgIpc) is 2.17. The van der Waals surface area contributed by atoms with Crippen LogP contribution in [0.3, 0.4) is 0 Å². The van der Waals surface area contributed by atoms with Gasteiger partial charge in [0, 0.05) is 19.4 Å². The summed E-state index contributed by atoms with van der Waals surface area (Å²) < 4.78 is 5.03. The van der Waals surface area contributed by atoms with Gasteiger partial charge in [0.25, 0.3) is 0 Å². The maximum atomic E-state index is 5.84. The van der Waals surface area contributed by atoms with Gasteiger partial charge in [0.1, 0.15) is 0 Å². The van der Waals surface area contributed by atoms with Gasteiger partial charge in [-0.05, 0) is 38.5 Å². The molecule has 2 N–H and O–H groups in total. The van der Waals surface area contributed by atoms with E-state index in [0.29, 0.717) is 18.6 Å². The van der Waals surface area contributed by atoms with Gasteiger partial charge in [-0.1, -0.05) is 0 Å². The van der Waals surface area contributed by atoms with Crippen molar-refractivity contribution in [2.24, 2.45) is 16.6 Å². The number of hydrogen-bond acceptors (Lipinski definition) is 3. The highest BCUT2D eigenvalue weighted by atomic mass is 16.5. The maximum absolute atomic E-state index is 5.84. The van der Waals surface area contributed by atoms with E-state index in [1.54, 1.807) is 7.11 Å². The van der Waals surface area contributed by atoms with E-state index < -0.39 is 0 Å². The van der Waals surface area contributed by atoms with E-state index in [4.69, 9.17) is 10.5 Å². The second kappa shape index (κ2) is 6.14. The van der Waals surface area contributed by atoms with E-state index in [-0.39, 0.29) is 6.04 Å². The van der Waals surface area contributed by atoms with Gasteiger partial charge >= 0.3 is 0 Å². The van der Waals surface area contributed by atoms with E-state index in [2.05, 4.69) is 18.1 Å². The molecule has 1 saturated carbocycles. The average molecular weight is 198 g/mol. The molecule has 82 valence electrons. The molecule has 1 atom stereocenters. The predicted octanol–water partition coefficient (Wildman–Crippen LogP) is 1.61. The van der Waals surface area contributed by atoms with Crippen molar-refractivity contribution in [1.29, 1.82) is 0 Å². The highest BCUT2D eigenvalue weighted by molar-refractivity contribution is 5.61. The van der Waals surface area contributed by atoms with Gasteiger partial charge in [0.2, 0.25) is 0 Å². The number of nitrogens with two attached hydrogens (primary N) is 1. The van der Waals surface area contributed by atoms with Crippen molar-refractivity contribution in [2.45, 2.75) is 44.7 Å². The number of rotatable bonds is 4. The van der Waals surface area contributed by atoms with E-state index in [0.717, 1.165) is 12.8 Å². The molecule has 14 heavy (non-hydrogen) atoms. The Morgan fingerprint density at radius 3 is 2.64 bits per heavy atom. The second-order valence-electron chi connectivity index (χ2n) is 4.28. The molecule has 1 aliphatic carbocycles. The summed E-state index contributed by atoms with van der Waals surface area (Å²) in [6.07, 6.45) is 6.80. The molecule has 0 aromatic rings. The monoisotopic (exact) mass is 198 g/mol. The number of nitrogens with zero attached hydrogens (tertiary/aromatic N) is 1. The van der Waals surface area contributed by atoms with Crippen LogP contribution in [0.2, 0.25) is 0 Å². The molecule has 0 aromatic heterocycles. The van der Waals surface area contributed by atoms with Gasteiger partial charge in [0.05, 0.1) is 12.6 Å². The lowest BCUT2D eigenvalue weighted by Crippen LogP contribution is -2.27. The van der Waals surface area contributed by atoms with Crippen LogP contribution in [0.15, 0.2) is 4.99 Å². The Morgan fingerprint density at radius 1 is 1.43 bits per heavy atom. The fraction of sp³-hybridized carbons (Fsp3) is 0.909. The van der Waals surface area contributed by atoms with Crippen molar-refractivity contribution in [3.63, 3.8) is 0 Å². The lowest BCUT2D eigenvalue weighted by Gasteiger charge is -2.23. The van der Waals surface area contributed by atoms with Gasteiger partial charge in [0.15, 0.2) is 0 Å². The van der Waals surface area contributed by atoms with Crippen LogP contribution in [0.25, 0.3) is 0 Å². The third-order valence-corrected chi connectivity index (χ3v) is 2.78. The minimum atomic E-state index is 0.288. The van der Waals surface area contributed by atoms with Crippen molar-refractivity contribution >= 4 is 6.21 Å². The number of hydrogen-bond donors (Lipinski definition) is 1. The molecule has 0 saturated heterocycles. The van der Waals surface area contributed by atoms with Crippen molar-refractivity contribution in [3.05, 3.63) is 0 Å². The molecule has 0 aliphatic heterocycles. The summed E-state index contributed by atoms with van der Waals surface area (Å²) in [5.41, 5.74) is 5.84. The van der Waals surface area contributed by atoms with E-state index in [1.807, 2.05) is 0 Å². The third kappa shape index (κ3) is 4.20. The van der Waals surface area contributed by atoms with Crippen LogP contribution in [-0.2, 0) is 4.74 Å². The molecule has 0 unspecified atom stereocenters. The SMILES string of the molecule is COC[C@@H](C)/N=C/C1CCC(N)CC1. The van der Waals surface area contributed by atoms with Crippen LogP contribution < -0.4 is 5.73 Å². The Labute approximate surface area is 86.7 Å². The van der Waals surface area contributed by atoms with Gasteiger partial charge in [-0.15, -0.1) is 0 Å². The lowest BCUT2D eigenvalue weighted by molar-refractivity contribution is 0.186. The maximum Gasteiger partial charge on any atom is 0.0701 e. The van der Waals surface area contributed by atoms with Crippen molar-refractivity contribution < 1.29 is 4.74 Å². The second-order valence-corrected chi connectivity index (χ2v) is 4.28. The van der Waals surface area contributed by atoms with E-state index >= 15 is 0 Å². The molecule has 0 radical (unpaired) electrons. The Kier molecular flexibility index (Phi) is 5.12. The molecule has 3 nitrogen and oxygen atoms in total. The highest BCUT2D eigenvalue weighted by Crippen LogP contribution is 2.21. The molecular formula is C11H22N2O. The van der Waals surface area contributed by atoms with Gasteiger partial charge in [-0.2, -0.15) is 0 Å². The van der Waals surface area contributed by atoms with Crippen molar-refractivity contribution in [2.75, 3.05) is 13.7 Å². The summed E-state index contributed by atoms with van der Waals surface area (Å²) in [6, 6.07) is 0.714. The summed E-state index contributed by atoms with van der Waals surface area (Å²) >= 11 is 0. The Hall–Kier alpha value is -0.410. The topological polar surface area (TPSA) is 47.6 Å². The summed E-state index contributed by atoms with van der Waals surface area (Å²) in [5.74, 6) is 0.647. The molecule has 0 amide bonds. The fourth-order valence-electron chi connectivity index (χ4n) is 1.85. The predicted molar refractivity (Wildman–Crippen MR) is 59.8 cm³/mol.